The fourth-order valence-electron chi connectivity index (χ4n) is 2.47. The zero-order chi connectivity index (χ0) is 20.2. The van der Waals surface area contributed by atoms with Gasteiger partial charge in [-0.2, -0.15) is 0 Å². The zero-order valence-corrected chi connectivity index (χ0v) is 17.0. The van der Waals surface area contributed by atoms with Gasteiger partial charge in [0.2, 0.25) is 5.91 Å². The highest BCUT2D eigenvalue weighted by Crippen LogP contribution is 2.25. The summed E-state index contributed by atoms with van der Waals surface area (Å²) in [5.41, 5.74) is 6.92. The number of hydrazine groups is 1. The molecule has 0 saturated carbocycles. The Kier molecular flexibility index (Phi) is 6.50. The molecule has 0 bridgehead atoms. The highest BCUT2D eigenvalue weighted by Gasteiger charge is 2.30. The number of halogens is 1. The molecule has 0 aliphatic heterocycles. The fraction of sp³-hybridized carbons (Fsp3) is 0.333. The molecule has 2 rings (SSSR count). The summed E-state index contributed by atoms with van der Waals surface area (Å²) in [6.07, 6.45) is -0.760. The first-order chi connectivity index (χ1) is 12.6. The van der Waals surface area contributed by atoms with Crippen LogP contribution >= 0.6 is 11.6 Å². The highest BCUT2D eigenvalue weighted by molar-refractivity contribution is 6.30. The predicted octanol–water partition coefficient (Wildman–Crippen LogP) is 3.85. The van der Waals surface area contributed by atoms with Gasteiger partial charge in [0, 0.05) is 5.02 Å². The Morgan fingerprint density at radius 3 is 2.30 bits per heavy atom. The SMILES string of the molecule is Cc1cccc(OC(C)C(=O)NNC(=O)C(C)(C)c2ccc(Cl)cc2)c1C. The standard InChI is InChI=1S/C21H25ClN2O3/c1-13-7-6-8-18(14(13)2)27-15(3)19(25)23-24-20(26)21(4,5)16-9-11-17(22)12-10-16/h6-12,15H,1-5H3,(H,23,25)(H,24,26). The number of hydrogen-bond acceptors (Lipinski definition) is 3. The minimum absolute atomic E-state index is 0.336. The van der Waals surface area contributed by atoms with Crippen LogP contribution in [0.3, 0.4) is 0 Å². The van der Waals surface area contributed by atoms with Gasteiger partial charge in [0.05, 0.1) is 5.41 Å². The van der Waals surface area contributed by atoms with Crippen LogP contribution in [-0.4, -0.2) is 17.9 Å². The average molecular weight is 389 g/mol. The third-order valence-corrected chi connectivity index (χ3v) is 4.91. The van der Waals surface area contributed by atoms with Gasteiger partial charge >= 0.3 is 0 Å². The summed E-state index contributed by atoms with van der Waals surface area (Å²) in [6.45, 7) is 9.09. The normalized spacial score (nSPS) is 12.2. The molecular formula is C21H25ClN2O3. The molecule has 1 unspecified atom stereocenters. The predicted molar refractivity (Wildman–Crippen MR) is 107 cm³/mol. The first kappa shape index (κ1) is 20.8. The summed E-state index contributed by atoms with van der Waals surface area (Å²) in [7, 11) is 0. The molecule has 0 heterocycles. The van der Waals surface area contributed by atoms with Crippen LogP contribution in [0.15, 0.2) is 42.5 Å². The number of aryl methyl sites for hydroxylation is 1. The second-order valence-corrected chi connectivity index (χ2v) is 7.47. The van der Waals surface area contributed by atoms with Gasteiger partial charge in [-0.25, -0.2) is 0 Å². The number of amides is 2. The molecule has 5 nitrogen and oxygen atoms in total. The Morgan fingerprint density at radius 2 is 1.67 bits per heavy atom. The van der Waals surface area contributed by atoms with Crippen LogP contribution in [0.1, 0.15) is 37.5 Å². The van der Waals surface area contributed by atoms with E-state index in [9.17, 15) is 9.59 Å². The van der Waals surface area contributed by atoms with Gasteiger partial charge in [-0.15, -0.1) is 0 Å². The van der Waals surface area contributed by atoms with Gasteiger partial charge in [-0.3, -0.25) is 20.4 Å². The van der Waals surface area contributed by atoms with Crippen molar-refractivity contribution in [2.75, 3.05) is 0 Å². The van der Waals surface area contributed by atoms with E-state index < -0.39 is 17.4 Å². The van der Waals surface area contributed by atoms with E-state index in [1.165, 1.54) is 0 Å². The summed E-state index contributed by atoms with van der Waals surface area (Å²) >= 11 is 5.89. The lowest BCUT2D eigenvalue weighted by molar-refractivity contribution is -0.134. The van der Waals surface area contributed by atoms with Gasteiger partial charge in [0.1, 0.15) is 5.75 Å². The molecule has 6 heteroatoms. The smallest absolute Gasteiger partial charge is 0.279 e. The minimum Gasteiger partial charge on any atom is -0.481 e. The first-order valence-electron chi connectivity index (χ1n) is 8.72. The second-order valence-electron chi connectivity index (χ2n) is 7.03. The molecule has 0 aliphatic carbocycles. The van der Waals surface area contributed by atoms with Crippen molar-refractivity contribution in [3.05, 3.63) is 64.2 Å². The highest BCUT2D eigenvalue weighted by atomic mass is 35.5. The Labute approximate surface area is 165 Å². The summed E-state index contributed by atoms with van der Waals surface area (Å²) in [5.74, 6) is -0.126. The van der Waals surface area contributed by atoms with E-state index in [0.717, 1.165) is 16.7 Å². The van der Waals surface area contributed by atoms with Crippen molar-refractivity contribution < 1.29 is 14.3 Å². The lowest BCUT2D eigenvalue weighted by Crippen LogP contribution is -2.52. The number of carbonyl (C=O) groups excluding carboxylic acids is 2. The van der Waals surface area contributed by atoms with E-state index in [1.54, 1.807) is 45.0 Å². The number of benzene rings is 2. The van der Waals surface area contributed by atoms with E-state index in [2.05, 4.69) is 10.9 Å². The van der Waals surface area contributed by atoms with Crippen LogP contribution in [-0.2, 0) is 15.0 Å². The average Bonchev–Trinajstić information content (AvgIpc) is 2.63. The molecule has 0 aromatic heterocycles. The van der Waals surface area contributed by atoms with Crippen molar-refractivity contribution in [3.63, 3.8) is 0 Å². The number of carbonyl (C=O) groups is 2. The van der Waals surface area contributed by atoms with Crippen LogP contribution in [0.2, 0.25) is 5.02 Å². The van der Waals surface area contributed by atoms with Crippen molar-refractivity contribution in [2.24, 2.45) is 0 Å². The van der Waals surface area contributed by atoms with Crippen molar-refractivity contribution in [2.45, 2.75) is 46.1 Å². The molecule has 1 atom stereocenters. The largest absolute Gasteiger partial charge is 0.481 e. The number of ether oxygens (including phenoxy) is 1. The Balaban J connectivity index is 1.96. The molecule has 27 heavy (non-hydrogen) atoms. The Morgan fingerprint density at radius 1 is 1.04 bits per heavy atom. The topological polar surface area (TPSA) is 67.4 Å². The Bertz CT molecular complexity index is 832. The molecule has 0 aliphatic rings. The van der Waals surface area contributed by atoms with E-state index in [4.69, 9.17) is 16.3 Å². The third kappa shape index (κ3) is 5.01. The summed E-state index contributed by atoms with van der Waals surface area (Å²) in [4.78, 5) is 24.8. The van der Waals surface area contributed by atoms with E-state index in [1.807, 2.05) is 32.0 Å². The van der Waals surface area contributed by atoms with E-state index in [0.29, 0.717) is 10.8 Å². The van der Waals surface area contributed by atoms with Crippen molar-refractivity contribution >= 4 is 23.4 Å². The van der Waals surface area contributed by atoms with E-state index >= 15 is 0 Å². The number of nitrogens with one attached hydrogen (secondary N) is 2. The first-order valence-corrected chi connectivity index (χ1v) is 9.10. The number of hydrogen-bond donors (Lipinski definition) is 2. The fourth-order valence-corrected chi connectivity index (χ4v) is 2.60. The maximum Gasteiger partial charge on any atom is 0.279 e. The molecule has 2 N–H and O–H groups in total. The van der Waals surface area contributed by atoms with Gasteiger partial charge in [0.25, 0.3) is 5.91 Å². The molecule has 2 amide bonds. The second kappa shape index (κ2) is 8.44. The lowest BCUT2D eigenvalue weighted by atomic mass is 9.84. The molecular weight excluding hydrogens is 364 g/mol. The van der Waals surface area contributed by atoms with Crippen LogP contribution in [0.5, 0.6) is 5.75 Å². The summed E-state index contributed by atoms with van der Waals surface area (Å²) < 4.78 is 5.73. The Hall–Kier alpha value is -2.53. The van der Waals surface area contributed by atoms with Crippen molar-refractivity contribution in [3.8, 4) is 5.75 Å². The quantitative estimate of drug-likeness (QED) is 0.764. The minimum atomic E-state index is -0.838. The van der Waals surface area contributed by atoms with Gasteiger partial charge < -0.3 is 4.74 Å². The maximum absolute atomic E-state index is 12.5. The molecule has 0 saturated heterocycles. The van der Waals surface area contributed by atoms with Crippen LogP contribution in [0.25, 0.3) is 0 Å². The molecule has 144 valence electrons. The van der Waals surface area contributed by atoms with E-state index in [-0.39, 0.29) is 5.91 Å². The zero-order valence-electron chi connectivity index (χ0n) is 16.2. The molecule has 0 radical (unpaired) electrons. The van der Waals surface area contributed by atoms with Gasteiger partial charge in [0.15, 0.2) is 6.10 Å². The van der Waals surface area contributed by atoms with Gasteiger partial charge in [-0.1, -0.05) is 35.9 Å². The molecule has 2 aromatic carbocycles. The van der Waals surface area contributed by atoms with Crippen LogP contribution in [0.4, 0.5) is 0 Å². The molecule has 0 spiro atoms. The van der Waals surface area contributed by atoms with Crippen molar-refractivity contribution in [1.29, 1.82) is 0 Å². The molecule has 2 aromatic rings. The molecule has 0 fully saturated rings. The van der Waals surface area contributed by atoms with Gasteiger partial charge in [-0.05, 0) is 69.5 Å². The maximum atomic E-state index is 12.5. The summed E-state index contributed by atoms with van der Waals surface area (Å²) in [5, 5.41) is 0.598. The van der Waals surface area contributed by atoms with Crippen molar-refractivity contribution in [1.82, 2.24) is 10.9 Å². The lowest BCUT2D eigenvalue weighted by Gasteiger charge is -2.25. The summed E-state index contributed by atoms with van der Waals surface area (Å²) in [6, 6.07) is 12.7. The van der Waals surface area contributed by atoms with Crippen LogP contribution < -0.4 is 15.6 Å². The monoisotopic (exact) mass is 388 g/mol. The third-order valence-electron chi connectivity index (χ3n) is 4.66. The number of rotatable bonds is 5. The van der Waals surface area contributed by atoms with Crippen LogP contribution in [0, 0.1) is 13.8 Å².